The van der Waals surface area contributed by atoms with Crippen LogP contribution in [0.5, 0.6) is 0 Å². The first-order valence-corrected chi connectivity index (χ1v) is 19.9. The highest BCUT2D eigenvalue weighted by molar-refractivity contribution is 7.47. The third-order valence-corrected chi connectivity index (χ3v) is 8.78. The molecule has 9 nitrogen and oxygen atoms in total. The number of allylic oxidation sites excluding steroid dienone is 2. The number of carbonyl (C=O) groups excluding carboxylic acids is 2. The minimum Gasteiger partial charge on any atom is -0.462 e. The predicted molar refractivity (Wildman–Crippen MR) is 188 cm³/mol. The Morgan fingerprint density at radius 3 is 1.63 bits per heavy atom. The summed E-state index contributed by atoms with van der Waals surface area (Å²) in [5.41, 5.74) is 0. The van der Waals surface area contributed by atoms with E-state index in [0.717, 1.165) is 44.9 Å². The molecule has 0 saturated heterocycles. The number of likely N-dealkylation sites (N-methyl/N-ethyl adjacent to an activating group) is 1. The van der Waals surface area contributed by atoms with E-state index in [1.54, 1.807) is 0 Å². The van der Waals surface area contributed by atoms with Gasteiger partial charge in [-0.15, -0.1) is 0 Å². The van der Waals surface area contributed by atoms with Gasteiger partial charge in [0.15, 0.2) is 6.10 Å². The van der Waals surface area contributed by atoms with Crippen LogP contribution in [0.2, 0.25) is 0 Å². The van der Waals surface area contributed by atoms with Crippen molar-refractivity contribution >= 4 is 19.8 Å². The number of esters is 2. The van der Waals surface area contributed by atoms with E-state index in [1.165, 1.54) is 77.0 Å². The fourth-order valence-electron chi connectivity index (χ4n) is 4.83. The number of hydrogen-bond acceptors (Lipinski definition) is 7. The number of nitrogens with zero attached hydrogens (tertiary/aromatic N) is 1. The predicted octanol–water partition coefficient (Wildman–Crippen LogP) is 9.46. The Hall–Kier alpha value is -1.25. The van der Waals surface area contributed by atoms with Crippen molar-refractivity contribution in [3.8, 4) is 0 Å². The molecule has 0 aliphatic carbocycles. The molecule has 1 N–H and O–H groups in total. The Labute approximate surface area is 282 Å². The van der Waals surface area contributed by atoms with Gasteiger partial charge in [-0.05, 0) is 38.5 Å². The number of quaternary nitrogens is 1. The monoisotopic (exact) mass is 676 g/mol. The largest absolute Gasteiger partial charge is 0.472 e. The summed E-state index contributed by atoms with van der Waals surface area (Å²) in [6.45, 7) is 4.34. The van der Waals surface area contributed by atoms with Gasteiger partial charge < -0.3 is 18.9 Å². The maximum atomic E-state index is 12.6. The van der Waals surface area contributed by atoms with Crippen LogP contribution in [-0.4, -0.2) is 74.9 Å². The Kier molecular flexibility index (Phi) is 29.0. The Morgan fingerprint density at radius 1 is 0.652 bits per heavy atom. The molecule has 272 valence electrons. The molecule has 0 aliphatic rings. The number of unbranched alkanes of at least 4 members (excludes halogenated alkanes) is 17. The van der Waals surface area contributed by atoms with Gasteiger partial charge in [-0.25, -0.2) is 4.57 Å². The van der Waals surface area contributed by atoms with Crippen molar-refractivity contribution in [3.05, 3.63) is 12.2 Å². The average Bonchev–Trinajstić information content (AvgIpc) is 2.99. The molecule has 0 aromatic rings. The quantitative estimate of drug-likeness (QED) is 0.0241. The number of rotatable bonds is 33. The zero-order chi connectivity index (χ0) is 34.4. The van der Waals surface area contributed by atoms with Crippen molar-refractivity contribution in [1.29, 1.82) is 0 Å². The van der Waals surface area contributed by atoms with Gasteiger partial charge >= 0.3 is 19.8 Å². The van der Waals surface area contributed by atoms with Gasteiger partial charge in [-0.2, -0.15) is 0 Å². The van der Waals surface area contributed by atoms with Crippen molar-refractivity contribution in [3.63, 3.8) is 0 Å². The van der Waals surface area contributed by atoms with E-state index in [-0.39, 0.29) is 32.0 Å². The van der Waals surface area contributed by atoms with E-state index >= 15 is 0 Å². The highest BCUT2D eigenvalue weighted by atomic mass is 31.2. The summed E-state index contributed by atoms with van der Waals surface area (Å²) >= 11 is 0. The van der Waals surface area contributed by atoms with E-state index < -0.39 is 26.5 Å². The van der Waals surface area contributed by atoms with Gasteiger partial charge in [0.25, 0.3) is 0 Å². The summed E-state index contributed by atoms with van der Waals surface area (Å²) in [4.78, 5) is 35.0. The molecule has 0 aromatic heterocycles. The van der Waals surface area contributed by atoms with Crippen LogP contribution >= 0.6 is 7.82 Å². The van der Waals surface area contributed by atoms with Crippen LogP contribution in [0, 0.1) is 0 Å². The van der Waals surface area contributed by atoms with E-state index in [9.17, 15) is 19.0 Å². The van der Waals surface area contributed by atoms with Crippen LogP contribution < -0.4 is 0 Å². The van der Waals surface area contributed by atoms with E-state index in [4.69, 9.17) is 18.5 Å². The number of phosphoric acid groups is 1. The normalized spacial score (nSPS) is 14.0. The molecule has 0 fully saturated rings. The van der Waals surface area contributed by atoms with Gasteiger partial charge in [0.1, 0.15) is 19.8 Å². The van der Waals surface area contributed by atoms with Crippen LogP contribution in [-0.2, 0) is 32.7 Å². The lowest BCUT2D eigenvalue weighted by Gasteiger charge is -2.24. The molecule has 10 heteroatoms. The summed E-state index contributed by atoms with van der Waals surface area (Å²) in [6.07, 6.45) is 27.0. The molecule has 0 amide bonds. The molecule has 0 bridgehead atoms. The second-order valence-corrected chi connectivity index (χ2v) is 15.1. The van der Waals surface area contributed by atoms with Gasteiger partial charge in [-0.3, -0.25) is 18.6 Å². The molecule has 0 rings (SSSR count). The van der Waals surface area contributed by atoms with Crippen LogP contribution in [0.1, 0.15) is 155 Å². The van der Waals surface area contributed by atoms with Crippen LogP contribution in [0.25, 0.3) is 0 Å². The summed E-state index contributed by atoms with van der Waals surface area (Å²) < 4.78 is 34.0. The highest BCUT2D eigenvalue weighted by Gasteiger charge is 2.27. The molecule has 2 atom stereocenters. The third-order valence-electron chi connectivity index (χ3n) is 7.80. The highest BCUT2D eigenvalue weighted by Crippen LogP contribution is 2.43. The fraction of sp³-hybridized carbons (Fsp3) is 0.889. The molecule has 1 unspecified atom stereocenters. The summed E-state index contributed by atoms with van der Waals surface area (Å²) in [5, 5.41) is 0. The molecule has 46 heavy (non-hydrogen) atoms. The smallest absolute Gasteiger partial charge is 0.462 e. The van der Waals surface area contributed by atoms with Crippen molar-refractivity contribution in [1.82, 2.24) is 0 Å². The lowest BCUT2D eigenvalue weighted by molar-refractivity contribution is -0.870. The summed E-state index contributed by atoms with van der Waals surface area (Å²) in [6, 6.07) is 0. The van der Waals surface area contributed by atoms with Crippen LogP contribution in [0.4, 0.5) is 0 Å². The van der Waals surface area contributed by atoms with Crippen LogP contribution in [0.15, 0.2) is 12.2 Å². The Balaban J connectivity index is 4.40. The van der Waals surface area contributed by atoms with Crippen molar-refractivity contribution < 1.29 is 42.1 Å². The van der Waals surface area contributed by atoms with Crippen molar-refractivity contribution in [2.24, 2.45) is 0 Å². The lowest BCUT2D eigenvalue weighted by atomic mass is 10.1. The number of ether oxygens (including phenoxy) is 2. The van der Waals surface area contributed by atoms with Gasteiger partial charge in [0.05, 0.1) is 27.7 Å². The van der Waals surface area contributed by atoms with E-state index in [2.05, 4.69) is 26.0 Å². The molecule has 0 spiro atoms. The first-order chi connectivity index (χ1) is 22.0. The van der Waals surface area contributed by atoms with Gasteiger partial charge in [-0.1, -0.05) is 116 Å². The third kappa shape index (κ3) is 32.7. The second kappa shape index (κ2) is 29.9. The zero-order valence-corrected chi connectivity index (χ0v) is 31.2. The Morgan fingerprint density at radius 2 is 1.11 bits per heavy atom. The standard InChI is InChI=1S/C36H70NO8P/c1-6-8-10-12-14-15-16-17-18-19-20-21-23-25-27-29-36(39)45-34(33-44-46(40,41)43-31-30-37(3,4)5)32-42-35(38)28-26-24-22-13-11-9-7-2/h15-16,34H,6-14,17-33H2,1-5H3/p+1/b16-15+/t34-/m1/s1. The molecule has 0 aromatic carbocycles. The fourth-order valence-corrected chi connectivity index (χ4v) is 5.57. The first kappa shape index (κ1) is 44.8. The molecule has 0 saturated carbocycles. The summed E-state index contributed by atoms with van der Waals surface area (Å²) in [7, 11) is 1.48. The minimum atomic E-state index is -4.36. The SMILES string of the molecule is CCCCCC/C=C/CCCCCCCCCC(=O)O[C@H](COC(=O)CCCCCCCCC)COP(=O)(O)OCC[N+](C)(C)C. The molecular formula is C36H71NO8P+. The van der Waals surface area contributed by atoms with Gasteiger partial charge in [0.2, 0.25) is 0 Å². The maximum absolute atomic E-state index is 12.6. The van der Waals surface area contributed by atoms with Crippen LogP contribution in [0.3, 0.4) is 0 Å². The lowest BCUT2D eigenvalue weighted by Crippen LogP contribution is -2.37. The second-order valence-electron chi connectivity index (χ2n) is 13.6. The first-order valence-electron chi connectivity index (χ1n) is 18.4. The molecular weight excluding hydrogens is 605 g/mol. The molecule has 0 heterocycles. The number of carbonyl (C=O) groups is 2. The number of phosphoric ester groups is 1. The Bertz CT molecular complexity index is 814. The number of hydrogen-bond donors (Lipinski definition) is 1. The average molecular weight is 677 g/mol. The van der Waals surface area contributed by atoms with Gasteiger partial charge in [0, 0.05) is 12.8 Å². The zero-order valence-electron chi connectivity index (χ0n) is 30.3. The minimum absolute atomic E-state index is 0.0331. The van der Waals surface area contributed by atoms with E-state index in [0.29, 0.717) is 17.4 Å². The molecule has 0 radical (unpaired) electrons. The van der Waals surface area contributed by atoms with Crippen molar-refractivity contribution in [2.45, 2.75) is 161 Å². The topological polar surface area (TPSA) is 108 Å². The summed E-state index contributed by atoms with van der Waals surface area (Å²) in [5.74, 6) is -0.809. The molecule has 0 aliphatic heterocycles. The van der Waals surface area contributed by atoms with Crippen molar-refractivity contribution in [2.75, 3.05) is 47.5 Å². The maximum Gasteiger partial charge on any atom is 0.472 e. The van der Waals surface area contributed by atoms with E-state index in [1.807, 2.05) is 21.1 Å².